The minimum Gasteiger partial charge on any atom is -0.453 e. The summed E-state index contributed by atoms with van der Waals surface area (Å²) in [4.78, 5) is 25.9. The van der Waals surface area contributed by atoms with E-state index in [4.69, 9.17) is 0 Å². The Hall–Kier alpha value is -3.06. The van der Waals surface area contributed by atoms with Crippen LogP contribution >= 0.6 is 0 Å². The van der Waals surface area contributed by atoms with Crippen LogP contribution in [0.15, 0.2) is 48.5 Å². The lowest BCUT2D eigenvalue weighted by Gasteiger charge is -2.26. The van der Waals surface area contributed by atoms with Crippen LogP contribution in [0.3, 0.4) is 0 Å². The van der Waals surface area contributed by atoms with Crippen molar-refractivity contribution in [2.45, 2.75) is 32.4 Å². The van der Waals surface area contributed by atoms with Crippen molar-refractivity contribution in [3.05, 3.63) is 59.7 Å². The van der Waals surface area contributed by atoms with Gasteiger partial charge >= 0.3 is 12.1 Å². The standard InChI is InChI=1S/C22H28N4O3/c1-29-22(28)25-20-7-5-6-19(14-20)24-21(27)23-15-17-8-10-18(11-9-17)16-26-12-3-2-4-13-26/h5-11,14H,2-4,12-13,15-16H2,1H3,(H,25,28)(H2,23,24,27). The summed E-state index contributed by atoms with van der Waals surface area (Å²) >= 11 is 0. The Labute approximate surface area is 171 Å². The van der Waals surface area contributed by atoms with Crippen LogP contribution in [-0.4, -0.2) is 37.2 Å². The third-order valence-electron chi connectivity index (χ3n) is 4.88. The molecule has 1 aliphatic heterocycles. The molecule has 7 heteroatoms. The molecule has 1 fully saturated rings. The maximum absolute atomic E-state index is 12.2. The topological polar surface area (TPSA) is 82.7 Å². The molecule has 0 spiro atoms. The first-order valence-electron chi connectivity index (χ1n) is 9.92. The number of piperidine rings is 1. The number of carbonyl (C=O) groups is 2. The fraction of sp³-hybridized carbons (Fsp3) is 0.364. The number of amides is 3. The highest BCUT2D eigenvalue weighted by molar-refractivity contribution is 5.91. The zero-order valence-corrected chi connectivity index (χ0v) is 16.7. The van der Waals surface area contributed by atoms with Crippen LogP contribution in [0, 0.1) is 0 Å². The van der Waals surface area contributed by atoms with Gasteiger partial charge in [-0.3, -0.25) is 10.2 Å². The quantitative estimate of drug-likeness (QED) is 0.684. The van der Waals surface area contributed by atoms with Gasteiger partial charge in [-0.15, -0.1) is 0 Å². The molecule has 0 aliphatic carbocycles. The lowest BCUT2D eigenvalue weighted by Crippen LogP contribution is -2.29. The number of hydrogen-bond donors (Lipinski definition) is 3. The molecule has 0 bridgehead atoms. The van der Waals surface area contributed by atoms with Crippen molar-refractivity contribution in [2.75, 3.05) is 30.8 Å². The van der Waals surface area contributed by atoms with Crippen LogP contribution in [0.4, 0.5) is 21.0 Å². The van der Waals surface area contributed by atoms with Crippen LogP contribution in [0.5, 0.6) is 0 Å². The van der Waals surface area contributed by atoms with Gasteiger partial charge in [-0.1, -0.05) is 36.8 Å². The first kappa shape index (κ1) is 20.7. The summed E-state index contributed by atoms with van der Waals surface area (Å²) in [6.45, 7) is 3.79. The molecule has 0 unspecified atom stereocenters. The highest BCUT2D eigenvalue weighted by atomic mass is 16.5. The minimum atomic E-state index is -0.560. The minimum absolute atomic E-state index is 0.308. The Kier molecular flexibility index (Phi) is 7.47. The third kappa shape index (κ3) is 6.80. The Bertz CT molecular complexity index is 817. The van der Waals surface area contributed by atoms with Gasteiger partial charge in [0.1, 0.15) is 0 Å². The summed E-state index contributed by atoms with van der Waals surface area (Å²) in [5.74, 6) is 0. The molecule has 1 aliphatic rings. The van der Waals surface area contributed by atoms with Crippen LogP contribution in [-0.2, 0) is 17.8 Å². The molecule has 2 aromatic rings. The van der Waals surface area contributed by atoms with Crippen molar-refractivity contribution in [1.29, 1.82) is 0 Å². The van der Waals surface area contributed by atoms with E-state index in [1.165, 1.54) is 45.0 Å². The SMILES string of the molecule is COC(=O)Nc1cccc(NC(=O)NCc2ccc(CN3CCCCC3)cc2)c1. The molecule has 3 amide bonds. The zero-order chi connectivity index (χ0) is 20.5. The number of hydrogen-bond acceptors (Lipinski definition) is 4. The second-order valence-corrected chi connectivity index (χ2v) is 7.16. The maximum Gasteiger partial charge on any atom is 0.411 e. The van der Waals surface area contributed by atoms with Crippen LogP contribution in [0.1, 0.15) is 30.4 Å². The van der Waals surface area contributed by atoms with Crippen LogP contribution in [0.2, 0.25) is 0 Å². The summed E-state index contributed by atoms with van der Waals surface area (Å²) in [6.07, 6.45) is 3.36. The molecule has 0 radical (unpaired) electrons. The van der Waals surface area contributed by atoms with Gasteiger partial charge in [0.05, 0.1) is 7.11 Å². The predicted octanol–water partition coefficient (Wildman–Crippen LogP) is 4.17. The molecule has 3 rings (SSSR count). The van der Waals surface area contributed by atoms with E-state index in [1.807, 2.05) is 0 Å². The Morgan fingerprint density at radius 3 is 2.28 bits per heavy atom. The molecular formula is C22H28N4O3. The first-order chi connectivity index (χ1) is 14.1. The van der Waals surface area contributed by atoms with E-state index < -0.39 is 6.09 Å². The van der Waals surface area contributed by atoms with Crippen molar-refractivity contribution >= 4 is 23.5 Å². The van der Waals surface area contributed by atoms with Gasteiger partial charge in [0.15, 0.2) is 0 Å². The fourth-order valence-corrected chi connectivity index (χ4v) is 3.34. The molecule has 0 saturated carbocycles. The molecule has 29 heavy (non-hydrogen) atoms. The van der Waals surface area contributed by atoms with Gasteiger partial charge in [0.2, 0.25) is 0 Å². The third-order valence-corrected chi connectivity index (χ3v) is 4.88. The number of likely N-dealkylation sites (tertiary alicyclic amines) is 1. The van der Waals surface area contributed by atoms with Crippen molar-refractivity contribution < 1.29 is 14.3 Å². The molecule has 2 aromatic carbocycles. The van der Waals surface area contributed by atoms with Crippen molar-refractivity contribution in [1.82, 2.24) is 10.2 Å². The number of nitrogens with one attached hydrogen (secondary N) is 3. The van der Waals surface area contributed by atoms with E-state index in [-0.39, 0.29) is 6.03 Å². The molecule has 0 atom stereocenters. The molecular weight excluding hydrogens is 368 g/mol. The molecule has 7 nitrogen and oxygen atoms in total. The molecule has 1 saturated heterocycles. The largest absolute Gasteiger partial charge is 0.453 e. The second kappa shape index (κ2) is 10.5. The highest BCUT2D eigenvalue weighted by Crippen LogP contribution is 2.16. The lowest BCUT2D eigenvalue weighted by atomic mass is 10.1. The van der Waals surface area contributed by atoms with Crippen LogP contribution in [0.25, 0.3) is 0 Å². The average molecular weight is 396 g/mol. The number of carbonyl (C=O) groups excluding carboxylic acids is 2. The molecule has 1 heterocycles. The van der Waals surface area contributed by atoms with Gasteiger partial charge in [-0.05, 0) is 55.3 Å². The summed E-state index contributed by atoms with van der Waals surface area (Å²) in [5, 5.41) is 8.17. The smallest absolute Gasteiger partial charge is 0.411 e. The number of nitrogens with zero attached hydrogens (tertiary/aromatic N) is 1. The maximum atomic E-state index is 12.2. The zero-order valence-electron chi connectivity index (χ0n) is 16.7. The average Bonchev–Trinajstić information content (AvgIpc) is 2.74. The number of methoxy groups -OCH3 is 1. The van der Waals surface area contributed by atoms with E-state index >= 15 is 0 Å². The number of rotatable bonds is 6. The van der Waals surface area contributed by atoms with Gasteiger partial charge < -0.3 is 15.4 Å². The summed E-state index contributed by atoms with van der Waals surface area (Å²) in [5.41, 5.74) is 3.46. The normalized spacial score (nSPS) is 14.1. The first-order valence-corrected chi connectivity index (χ1v) is 9.92. The van der Waals surface area contributed by atoms with E-state index in [1.54, 1.807) is 24.3 Å². The Morgan fingerprint density at radius 1 is 0.931 bits per heavy atom. The van der Waals surface area contributed by atoms with Gasteiger partial charge in [0.25, 0.3) is 0 Å². The predicted molar refractivity (Wildman–Crippen MR) is 114 cm³/mol. The van der Waals surface area contributed by atoms with Gasteiger partial charge in [-0.25, -0.2) is 9.59 Å². The van der Waals surface area contributed by atoms with E-state index in [2.05, 4.69) is 49.9 Å². The van der Waals surface area contributed by atoms with E-state index in [9.17, 15) is 9.59 Å². The molecule has 3 N–H and O–H groups in total. The number of anilines is 2. The van der Waals surface area contributed by atoms with E-state index in [0.29, 0.717) is 17.9 Å². The second-order valence-electron chi connectivity index (χ2n) is 7.16. The fourth-order valence-electron chi connectivity index (χ4n) is 3.34. The van der Waals surface area contributed by atoms with Gasteiger partial charge in [0, 0.05) is 24.5 Å². The van der Waals surface area contributed by atoms with Crippen LogP contribution < -0.4 is 16.0 Å². The number of urea groups is 1. The summed E-state index contributed by atoms with van der Waals surface area (Å²) < 4.78 is 4.56. The summed E-state index contributed by atoms with van der Waals surface area (Å²) in [6, 6.07) is 14.9. The van der Waals surface area contributed by atoms with Crippen molar-refractivity contribution in [3.8, 4) is 0 Å². The number of benzene rings is 2. The van der Waals surface area contributed by atoms with Crippen molar-refractivity contribution in [3.63, 3.8) is 0 Å². The van der Waals surface area contributed by atoms with Crippen molar-refractivity contribution in [2.24, 2.45) is 0 Å². The molecule has 0 aromatic heterocycles. The Balaban J connectivity index is 1.45. The lowest BCUT2D eigenvalue weighted by molar-refractivity contribution is 0.187. The van der Waals surface area contributed by atoms with E-state index in [0.717, 1.165) is 12.1 Å². The number of ether oxygens (including phenoxy) is 1. The molecule has 154 valence electrons. The highest BCUT2D eigenvalue weighted by Gasteiger charge is 2.10. The monoisotopic (exact) mass is 396 g/mol. The van der Waals surface area contributed by atoms with Gasteiger partial charge in [-0.2, -0.15) is 0 Å². The summed E-state index contributed by atoms with van der Waals surface area (Å²) in [7, 11) is 1.30. The Morgan fingerprint density at radius 2 is 1.59 bits per heavy atom.